The number of ether oxygens (including phenoxy) is 2. The second-order valence-corrected chi connectivity index (χ2v) is 4.79. The number of rotatable bonds is 7. The molecule has 1 rings (SSSR count). The lowest BCUT2D eigenvalue weighted by Crippen LogP contribution is -2.49. The molecular weight excluding hydrogens is 342 g/mol. The molecule has 0 saturated heterocycles. The molecule has 12 nitrogen and oxygen atoms in total. The van der Waals surface area contributed by atoms with E-state index in [1.807, 2.05) is 0 Å². The highest BCUT2D eigenvalue weighted by Crippen LogP contribution is 2.24. The summed E-state index contributed by atoms with van der Waals surface area (Å²) in [5, 5.41) is 22.0. The van der Waals surface area contributed by atoms with Crippen molar-refractivity contribution in [3.05, 3.63) is 42.8 Å². The van der Waals surface area contributed by atoms with Crippen LogP contribution in [0.3, 0.4) is 0 Å². The predicted molar refractivity (Wildman–Crippen MR) is 80.9 cm³/mol. The average molecular weight is 357 g/mol. The fourth-order valence-electron chi connectivity index (χ4n) is 1.90. The lowest BCUT2D eigenvalue weighted by molar-refractivity contribution is -0.397. The first-order valence-electron chi connectivity index (χ1n) is 7.01. The van der Waals surface area contributed by atoms with E-state index in [1.54, 1.807) is 0 Å². The average Bonchev–Trinajstić information content (AvgIpc) is 2.53. The molecule has 0 unspecified atom stereocenters. The molecule has 0 aromatic carbocycles. The molecule has 0 fully saturated rings. The quantitative estimate of drug-likeness (QED) is 0.293. The SMILES string of the molecule is CCOC(=O)C(C)(C(=O)OCC)n1cc([N+](=O)[O-])c(=O)c([N+](=O)[O-])c1. The molecule has 0 saturated carbocycles. The molecule has 0 aliphatic heterocycles. The molecule has 0 spiro atoms. The Bertz CT molecular complexity index is 727. The second kappa shape index (κ2) is 7.51. The van der Waals surface area contributed by atoms with Crippen LogP contribution in [-0.2, 0) is 24.6 Å². The molecular formula is C13H15N3O9. The normalized spacial score (nSPS) is 10.8. The van der Waals surface area contributed by atoms with Crippen molar-refractivity contribution in [2.75, 3.05) is 13.2 Å². The van der Waals surface area contributed by atoms with E-state index < -0.39 is 44.1 Å². The van der Waals surface area contributed by atoms with Crippen LogP contribution in [0.2, 0.25) is 0 Å². The zero-order valence-electron chi connectivity index (χ0n) is 13.6. The maximum absolute atomic E-state index is 12.3. The molecule has 0 radical (unpaired) electrons. The van der Waals surface area contributed by atoms with E-state index in [0.717, 1.165) is 6.92 Å². The van der Waals surface area contributed by atoms with Crippen LogP contribution in [0.1, 0.15) is 20.8 Å². The molecule has 12 heteroatoms. The summed E-state index contributed by atoms with van der Waals surface area (Å²) < 4.78 is 10.1. The first-order valence-corrected chi connectivity index (χ1v) is 7.01. The standard InChI is InChI=1S/C13H15N3O9/c1-4-24-11(18)13(3,12(19)25-5-2)14-6-8(15(20)21)10(17)9(7-14)16(22)23/h6-7H,4-5H2,1-3H3. The minimum absolute atomic E-state index is 0.127. The van der Waals surface area contributed by atoms with Gasteiger partial charge in [-0.15, -0.1) is 0 Å². The van der Waals surface area contributed by atoms with Gasteiger partial charge in [0.05, 0.1) is 35.5 Å². The summed E-state index contributed by atoms with van der Waals surface area (Å²) in [5.41, 5.74) is -6.10. The van der Waals surface area contributed by atoms with Gasteiger partial charge in [0.15, 0.2) is 0 Å². The van der Waals surface area contributed by atoms with Gasteiger partial charge in [-0.25, -0.2) is 9.59 Å². The second-order valence-electron chi connectivity index (χ2n) is 4.79. The van der Waals surface area contributed by atoms with E-state index >= 15 is 0 Å². The highest BCUT2D eigenvalue weighted by atomic mass is 16.6. The van der Waals surface area contributed by atoms with E-state index in [4.69, 9.17) is 9.47 Å². The minimum atomic E-state index is -2.30. The van der Waals surface area contributed by atoms with Crippen molar-refractivity contribution in [1.29, 1.82) is 0 Å². The molecule has 0 atom stereocenters. The summed E-state index contributed by atoms with van der Waals surface area (Å²) >= 11 is 0. The number of nitrogens with zero attached hydrogens (tertiary/aromatic N) is 3. The first kappa shape index (κ1) is 19.7. The van der Waals surface area contributed by atoms with Gasteiger partial charge in [0.25, 0.3) is 0 Å². The van der Waals surface area contributed by atoms with Crippen LogP contribution in [0, 0.1) is 20.2 Å². The molecule has 1 aromatic rings. The van der Waals surface area contributed by atoms with E-state index in [0.29, 0.717) is 17.0 Å². The van der Waals surface area contributed by atoms with Crippen LogP contribution in [0.25, 0.3) is 0 Å². The maximum atomic E-state index is 12.3. The number of carbonyl (C=O) groups excluding carboxylic acids is 2. The summed E-state index contributed by atoms with van der Waals surface area (Å²) in [4.78, 5) is 56.0. The Morgan fingerprint density at radius 2 is 1.40 bits per heavy atom. The molecule has 1 heterocycles. The highest BCUT2D eigenvalue weighted by molar-refractivity contribution is 6.02. The maximum Gasteiger partial charge on any atom is 0.343 e. The van der Waals surface area contributed by atoms with Gasteiger partial charge in [0.1, 0.15) is 0 Å². The van der Waals surface area contributed by atoms with Crippen molar-refractivity contribution in [2.24, 2.45) is 0 Å². The van der Waals surface area contributed by atoms with E-state index in [9.17, 15) is 34.6 Å². The number of hydrogen-bond acceptors (Lipinski definition) is 9. The van der Waals surface area contributed by atoms with Gasteiger partial charge in [-0.3, -0.25) is 25.0 Å². The van der Waals surface area contributed by atoms with E-state index in [-0.39, 0.29) is 13.2 Å². The fourth-order valence-corrected chi connectivity index (χ4v) is 1.90. The van der Waals surface area contributed by atoms with Crippen molar-refractivity contribution >= 4 is 23.3 Å². The molecule has 25 heavy (non-hydrogen) atoms. The number of esters is 2. The largest absolute Gasteiger partial charge is 0.464 e. The lowest BCUT2D eigenvalue weighted by Gasteiger charge is -2.27. The third-order valence-electron chi connectivity index (χ3n) is 3.24. The summed E-state index contributed by atoms with van der Waals surface area (Å²) in [6.07, 6.45) is 1.12. The molecule has 1 aromatic heterocycles. The van der Waals surface area contributed by atoms with Crippen LogP contribution < -0.4 is 5.43 Å². The smallest absolute Gasteiger partial charge is 0.343 e. The van der Waals surface area contributed by atoms with Gasteiger partial charge < -0.3 is 14.0 Å². The minimum Gasteiger partial charge on any atom is -0.464 e. The third-order valence-corrected chi connectivity index (χ3v) is 3.24. The summed E-state index contributed by atoms with van der Waals surface area (Å²) in [6.45, 7) is 3.68. The zero-order chi connectivity index (χ0) is 19.4. The lowest BCUT2D eigenvalue weighted by atomic mass is 10.0. The van der Waals surface area contributed by atoms with Gasteiger partial charge in [-0.1, -0.05) is 0 Å². The van der Waals surface area contributed by atoms with Crippen molar-refractivity contribution in [1.82, 2.24) is 4.57 Å². The van der Waals surface area contributed by atoms with Crippen LogP contribution in [0.15, 0.2) is 17.2 Å². The Labute approximate surface area is 140 Å². The third kappa shape index (κ3) is 3.62. The van der Waals surface area contributed by atoms with Crippen molar-refractivity contribution < 1.29 is 28.9 Å². The molecule has 0 aliphatic rings. The van der Waals surface area contributed by atoms with Crippen LogP contribution in [0.5, 0.6) is 0 Å². The Morgan fingerprint density at radius 3 is 1.68 bits per heavy atom. The number of hydrogen-bond donors (Lipinski definition) is 0. The van der Waals surface area contributed by atoms with Gasteiger partial charge in [-0.05, 0) is 20.8 Å². The Kier molecular flexibility index (Phi) is 5.93. The summed E-state index contributed by atoms with van der Waals surface area (Å²) in [7, 11) is 0. The molecule has 0 N–H and O–H groups in total. The van der Waals surface area contributed by atoms with Crippen molar-refractivity contribution in [3.8, 4) is 0 Å². The summed E-state index contributed by atoms with van der Waals surface area (Å²) in [5.74, 6) is -2.30. The Morgan fingerprint density at radius 1 is 1.04 bits per heavy atom. The number of aromatic nitrogens is 1. The monoisotopic (exact) mass is 357 g/mol. The van der Waals surface area contributed by atoms with Crippen molar-refractivity contribution in [2.45, 2.75) is 26.3 Å². The van der Waals surface area contributed by atoms with Crippen molar-refractivity contribution in [3.63, 3.8) is 0 Å². The number of nitro groups is 2. The predicted octanol–water partition coefficient (Wildman–Crippen LogP) is 0.506. The van der Waals surface area contributed by atoms with Crippen LogP contribution in [-0.4, -0.2) is 39.6 Å². The number of pyridine rings is 1. The molecule has 0 bridgehead atoms. The molecule has 136 valence electrons. The van der Waals surface area contributed by atoms with Gasteiger partial charge in [0.2, 0.25) is 5.54 Å². The van der Waals surface area contributed by atoms with Gasteiger partial charge in [-0.2, -0.15) is 0 Å². The summed E-state index contributed by atoms with van der Waals surface area (Å²) in [6, 6.07) is 0. The topological polar surface area (TPSA) is 161 Å². The van der Waals surface area contributed by atoms with E-state index in [2.05, 4.69) is 0 Å². The Balaban J connectivity index is 3.78. The Hall–Kier alpha value is -3.31. The van der Waals surface area contributed by atoms with Gasteiger partial charge in [0, 0.05) is 0 Å². The molecule has 0 aliphatic carbocycles. The number of carbonyl (C=O) groups is 2. The zero-order valence-corrected chi connectivity index (χ0v) is 13.6. The molecule has 0 amide bonds. The van der Waals surface area contributed by atoms with Crippen LogP contribution >= 0.6 is 0 Å². The van der Waals surface area contributed by atoms with Gasteiger partial charge >= 0.3 is 28.7 Å². The first-order chi connectivity index (χ1) is 11.6. The van der Waals surface area contributed by atoms with Crippen LogP contribution in [0.4, 0.5) is 11.4 Å². The fraction of sp³-hybridized carbons (Fsp3) is 0.462. The highest BCUT2D eigenvalue weighted by Gasteiger charge is 2.47. The van der Waals surface area contributed by atoms with E-state index in [1.165, 1.54) is 13.8 Å².